The van der Waals surface area contributed by atoms with Crippen LogP contribution in [-0.4, -0.2) is 99.8 Å². The molecule has 292 valence electrons. The number of hydrogen-bond donors (Lipinski definition) is 4. The lowest BCUT2D eigenvalue weighted by molar-refractivity contribution is -0.132. The summed E-state index contributed by atoms with van der Waals surface area (Å²) in [7, 11) is 1.24. The quantitative estimate of drug-likeness (QED) is 0.132. The van der Waals surface area contributed by atoms with Crippen LogP contribution in [-0.2, 0) is 33.8 Å². The normalized spacial score (nSPS) is 16.3. The van der Waals surface area contributed by atoms with E-state index in [9.17, 15) is 24.3 Å². The van der Waals surface area contributed by atoms with E-state index in [-0.39, 0.29) is 36.9 Å². The third-order valence-electron chi connectivity index (χ3n) is 10.2. The molecule has 5 amide bonds. The average molecular weight is 744 g/mol. The van der Waals surface area contributed by atoms with Gasteiger partial charge in [0, 0.05) is 31.9 Å². The fourth-order valence-corrected chi connectivity index (χ4v) is 6.66. The molecule has 4 rings (SSSR count). The molecule has 54 heavy (non-hydrogen) atoms. The molecule has 0 aliphatic carbocycles. The molecule has 0 radical (unpaired) electrons. The number of aryl methyl sites for hydroxylation is 1. The highest BCUT2D eigenvalue weighted by molar-refractivity contribution is 5.88. The van der Waals surface area contributed by atoms with Gasteiger partial charge in [-0.15, -0.1) is 0 Å². The molecule has 6 atom stereocenters. The highest BCUT2D eigenvalue weighted by Gasteiger charge is 2.41. The Labute approximate surface area is 319 Å². The van der Waals surface area contributed by atoms with E-state index in [0.29, 0.717) is 38.9 Å². The number of amides is 5. The van der Waals surface area contributed by atoms with Crippen LogP contribution in [0.2, 0.25) is 0 Å². The van der Waals surface area contributed by atoms with E-state index in [1.54, 1.807) is 14.8 Å². The number of nitrogens with zero attached hydrogens (tertiary/aromatic N) is 4. The zero-order chi connectivity index (χ0) is 39.2. The Bertz CT molecular complexity index is 1660. The summed E-state index contributed by atoms with van der Waals surface area (Å²) in [4.78, 5) is 62.0. The van der Waals surface area contributed by atoms with Gasteiger partial charge in [0.15, 0.2) is 0 Å². The molecule has 2 aromatic carbocycles. The molecule has 1 aliphatic rings. The largest absolute Gasteiger partial charge is 0.453 e. The molecule has 13 heteroatoms. The number of urea groups is 1. The maximum atomic E-state index is 14.4. The Hall–Kier alpha value is -5.01. The summed E-state index contributed by atoms with van der Waals surface area (Å²) in [6, 6.07) is 22.1. The van der Waals surface area contributed by atoms with E-state index >= 15 is 0 Å². The highest BCUT2D eigenvalue weighted by atomic mass is 16.5. The van der Waals surface area contributed by atoms with Gasteiger partial charge in [-0.3, -0.25) is 20.0 Å². The predicted molar refractivity (Wildman–Crippen MR) is 207 cm³/mol. The number of aliphatic hydroxyl groups excluding tert-OH is 1. The minimum Gasteiger partial charge on any atom is -0.453 e. The number of aliphatic hydroxyl groups is 1. The van der Waals surface area contributed by atoms with Crippen molar-refractivity contribution in [2.45, 2.75) is 91.2 Å². The summed E-state index contributed by atoms with van der Waals surface area (Å²) in [5.41, 5.74) is 6.35. The lowest BCUT2D eigenvalue weighted by atomic mass is 9.95. The first kappa shape index (κ1) is 41.7. The number of pyridine rings is 1. The van der Waals surface area contributed by atoms with E-state index in [1.807, 2.05) is 113 Å². The van der Waals surface area contributed by atoms with E-state index in [2.05, 4.69) is 21.0 Å². The molecule has 4 N–H and O–H groups in total. The number of alkyl carbamates (subject to hydrolysis) is 1. The van der Waals surface area contributed by atoms with Crippen molar-refractivity contribution in [2.75, 3.05) is 26.7 Å². The van der Waals surface area contributed by atoms with E-state index < -0.39 is 36.2 Å². The number of carbonyl (C=O) groups excluding carboxylic acids is 4. The van der Waals surface area contributed by atoms with Crippen LogP contribution < -0.4 is 16.1 Å². The zero-order valence-electron chi connectivity index (χ0n) is 32.4. The van der Waals surface area contributed by atoms with Crippen molar-refractivity contribution in [3.63, 3.8) is 0 Å². The lowest BCUT2D eigenvalue weighted by Crippen LogP contribution is -2.59. The molecule has 2 heterocycles. The number of benzene rings is 2. The molecular weight excluding hydrogens is 686 g/mol. The number of ether oxygens (including phenoxy) is 1. The number of hydrazine groups is 1. The van der Waals surface area contributed by atoms with Crippen LogP contribution in [0.3, 0.4) is 0 Å². The van der Waals surface area contributed by atoms with Gasteiger partial charge in [-0.1, -0.05) is 107 Å². The van der Waals surface area contributed by atoms with Gasteiger partial charge >= 0.3 is 12.1 Å². The second kappa shape index (κ2) is 20.4. The van der Waals surface area contributed by atoms with Crippen LogP contribution in [0.5, 0.6) is 0 Å². The third kappa shape index (κ3) is 11.7. The Morgan fingerprint density at radius 3 is 2.13 bits per heavy atom. The van der Waals surface area contributed by atoms with Crippen molar-refractivity contribution in [1.29, 1.82) is 0 Å². The fraction of sp³-hybridized carbons (Fsp3) is 0.488. The van der Waals surface area contributed by atoms with Crippen LogP contribution in [0.4, 0.5) is 9.59 Å². The minimum absolute atomic E-state index is 0.0578. The summed E-state index contributed by atoms with van der Waals surface area (Å²) >= 11 is 0. The molecule has 1 saturated heterocycles. The number of carbonyl (C=O) groups is 4. The molecule has 1 aliphatic heterocycles. The van der Waals surface area contributed by atoms with Gasteiger partial charge in [0.05, 0.1) is 31.5 Å². The second-order valence-electron chi connectivity index (χ2n) is 14.2. The number of hydrogen-bond acceptors (Lipinski definition) is 8. The number of rotatable bonds is 19. The molecule has 0 spiro atoms. The van der Waals surface area contributed by atoms with E-state index in [1.165, 1.54) is 7.11 Å². The van der Waals surface area contributed by atoms with Crippen molar-refractivity contribution < 1.29 is 29.0 Å². The summed E-state index contributed by atoms with van der Waals surface area (Å²) in [6.45, 7) is 11.0. The Balaban J connectivity index is 1.58. The molecule has 0 unspecified atom stereocenters. The molecular formula is C41H57N7O6. The maximum absolute atomic E-state index is 14.4. The third-order valence-corrected chi connectivity index (χ3v) is 10.2. The van der Waals surface area contributed by atoms with Gasteiger partial charge in [0.1, 0.15) is 12.1 Å². The predicted octanol–water partition coefficient (Wildman–Crippen LogP) is 4.43. The van der Waals surface area contributed by atoms with Gasteiger partial charge in [-0.05, 0) is 48.4 Å². The molecule has 1 fully saturated rings. The SMILES string of the molecule is CC[C@H](C)[C@H](NC(=O)OC)C(=O)NN(Cc1ccccc1)C[C@H](O)[C@H](Cc1ccccc1)NC(=O)[C@H]([C@@H](C)CC)N1CCN(Cc2cccc(C)n2)C1=O. The van der Waals surface area contributed by atoms with Gasteiger partial charge < -0.3 is 30.3 Å². The van der Waals surface area contributed by atoms with Crippen LogP contribution in [0, 0.1) is 18.8 Å². The molecule has 1 aromatic heterocycles. The first-order chi connectivity index (χ1) is 25.9. The van der Waals surface area contributed by atoms with Gasteiger partial charge in [0.2, 0.25) is 5.91 Å². The topological polar surface area (TPSA) is 156 Å². The maximum Gasteiger partial charge on any atom is 0.407 e. The Morgan fingerprint density at radius 1 is 0.870 bits per heavy atom. The smallest absolute Gasteiger partial charge is 0.407 e. The number of nitrogens with one attached hydrogen (secondary N) is 3. The van der Waals surface area contributed by atoms with Crippen molar-refractivity contribution in [2.24, 2.45) is 11.8 Å². The van der Waals surface area contributed by atoms with Crippen LogP contribution in [0.25, 0.3) is 0 Å². The van der Waals surface area contributed by atoms with Crippen LogP contribution >= 0.6 is 0 Å². The Kier molecular flexibility index (Phi) is 15.8. The average Bonchev–Trinajstić information content (AvgIpc) is 3.51. The second-order valence-corrected chi connectivity index (χ2v) is 14.2. The summed E-state index contributed by atoms with van der Waals surface area (Å²) < 4.78 is 4.79. The standard InChI is InChI=1S/C41H57N7O6/c1-7-28(3)36(44-40(52)54-6)38(50)45-47(25-32-19-13-10-14-20-32)27-35(49)34(24-31-17-11-9-12-18-31)43-39(51)37(29(4)8-2)48-23-22-46(41(48)53)26-33-21-15-16-30(5)42-33/h9-21,28-29,34-37,49H,7-8,22-27H2,1-6H3,(H,43,51)(H,44,52)(H,45,50)/t28-,29-,34-,35-,36-,37-/m0/s1. The first-order valence-electron chi connectivity index (χ1n) is 18.9. The summed E-state index contributed by atoms with van der Waals surface area (Å²) in [5.74, 6) is -1.20. The molecule has 0 saturated carbocycles. The minimum atomic E-state index is -1.16. The van der Waals surface area contributed by atoms with Gasteiger partial charge in [0.25, 0.3) is 5.91 Å². The number of methoxy groups -OCH3 is 1. The number of aromatic nitrogens is 1. The summed E-state index contributed by atoms with van der Waals surface area (Å²) in [6.07, 6.45) is -0.317. The van der Waals surface area contributed by atoms with Crippen LogP contribution in [0.1, 0.15) is 63.1 Å². The fourth-order valence-electron chi connectivity index (χ4n) is 6.66. The van der Waals surface area contributed by atoms with Crippen molar-refractivity contribution in [1.82, 2.24) is 35.9 Å². The van der Waals surface area contributed by atoms with Crippen LogP contribution in [0.15, 0.2) is 78.9 Å². The first-order valence-corrected chi connectivity index (χ1v) is 18.9. The lowest BCUT2D eigenvalue weighted by Gasteiger charge is -2.35. The molecule has 13 nitrogen and oxygen atoms in total. The van der Waals surface area contributed by atoms with Crippen molar-refractivity contribution in [3.05, 3.63) is 101 Å². The summed E-state index contributed by atoms with van der Waals surface area (Å²) in [5, 5.41) is 19.4. The van der Waals surface area contributed by atoms with Crippen molar-refractivity contribution >= 4 is 23.9 Å². The van der Waals surface area contributed by atoms with Gasteiger partial charge in [-0.2, -0.15) is 0 Å². The monoisotopic (exact) mass is 743 g/mol. The Morgan fingerprint density at radius 2 is 1.52 bits per heavy atom. The van der Waals surface area contributed by atoms with Gasteiger partial charge in [-0.25, -0.2) is 14.6 Å². The van der Waals surface area contributed by atoms with E-state index in [0.717, 1.165) is 22.5 Å². The van der Waals surface area contributed by atoms with Crippen molar-refractivity contribution in [3.8, 4) is 0 Å². The molecule has 0 bridgehead atoms. The highest BCUT2D eigenvalue weighted by Crippen LogP contribution is 2.23. The molecule has 3 aromatic rings. The zero-order valence-corrected chi connectivity index (χ0v) is 32.4. The van der Waals surface area contributed by atoms with E-state index in [4.69, 9.17) is 4.74 Å².